The standard InChI is InChI=1S/C95H78O25S/c1-59-52-54-70(55-53-59)121-95-82(117-92(105)69-50-30-11-31-51-69)79(114-89(102)66-44-24-8-25-45-66)76(120-95)73(57-107-84(97)61-34-14-3-15-35-61)111-94-81(116-91(104)68-48-28-10-29-49-68)78(113-88(101)65-42-22-7-23-43-65)75(119-94)72(110-86(99)63-38-18-5-19-39-63)58-108-93-80(115-90(103)67-46-26-9-27-47-67)77(112-87(100)64-40-20-6-21-41-64)74(118-93)71(109-85(98)62-36-16-4-17-37-62)56-106-83(96)60-32-12-2-13-33-60/h2-55,71-82,93-95H,56-58H2,1H3/t71-,72-,73-,74+,75+,76+,77+,78+,79+,80-,81-,82-,93-,94-,95+/m0/s1. The maximum absolute atomic E-state index is 15.2. The first kappa shape index (κ1) is 83.8. The molecule has 3 fully saturated rings. The minimum absolute atomic E-state index is 0.0131. The van der Waals surface area contributed by atoms with Gasteiger partial charge in [-0.3, -0.25) is 0 Å². The van der Waals surface area contributed by atoms with Gasteiger partial charge in [0.15, 0.2) is 61.4 Å². The van der Waals surface area contributed by atoms with Crippen LogP contribution in [-0.2, 0) is 71.1 Å². The Labute approximate surface area is 698 Å². The first-order valence-electron chi connectivity index (χ1n) is 38.5. The van der Waals surface area contributed by atoms with Crippen LogP contribution in [-0.4, -0.2) is 171 Å². The van der Waals surface area contributed by atoms with Crippen molar-refractivity contribution < 1.29 is 119 Å². The van der Waals surface area contributed by atoms with Gasteiger partial charge in [0.1, 0.15) is 43.1 Å². The summed E-state index contributed by atoms with van der Waals surface area (Å²) >= 11 is 1.08. The van der Waals surface area contributed by atoms with Crippen molar-refractivity contribution in [2.45, 2.75) is 103 Å². The molecule has 3 aliphatic rings. The van der Waals surface area contributed by atoms with Crippen molar-refractivity contribution in [3.63, 3.8) is 0 Å². The fourth-order valence-corrected chi connectivity index (χ4v) is 14.6. The molecule has 15 atom stereocenters. The molecule has 26 heteroatoms. The van der Waals surface area contributed by atoms with E-state index in [1.54, 1.807) is 194 Å². The molecule has 0 unspecified atom stereocenters. The predicted octanol–water partition coefficient (Wildman–Crippen LogP) is 14.2. The SMILES string of the molecule is Cc1ccc(S[C@H]2O[C@H]([C@H](COC(=O)c3ccccc3)O[C@H]3O[C@H]([C@H](CO[C@H]4O[C@H]([C@H](COC(=O)c5ccccc5)OC(=O)c5ccccc5)[C@@H](OC(=O)c5ccccc5)[C@@H]4OC(=O)c4ccccc4)OC(=O)c4ccccc4)[C@@H](OC(=O)c4ccccc4)[C@@H]3OC(=O)c3ccccc3)[C@@H](OC(=O)c3ccccc3)[C@@H]2OC(=O)c2ccccc2)cc1. The van der Waals surface area contributed by atoms with E-state index in [4.69, 9.17) is 71.1 Å². The second-order valence-corrected chi connectivity index (χ2v) is 29.0. The quantitative estimate of drug-likeness (QED) is 0.0279. The fourth-order valence-electron chi connectivity index (χ4n) is 13.5. The van der Waals surface area contributed by atoms with Gasteiger partial charge < -0.3 is 71.1 Å². The van der Waals surface area contributed by atoms with Gasteiger partial charge in [0.05, 0.1) is 62.2 Å². The number of carbonyl (C=O) groups is 10. The highest BCUT2D eigenvalue weighted by molar-refractivity contribution is 7.99. The molecule has 0 bridgehead atoms. The van der Waals surface area contributed by atoms with Gasteiger partial charge in [-0.25, -0.2) is 47.9 Å². The second-order valence-electron chi connectivity index (χ2n) is 27.8. The first-order chi connectivity index (χ1) is 59.0. The average Bonchev–Trinajstić information content (AvgIpc) is 1.62. The van der Waals surface area contributed by atoms with E-state index in [2.05, 4.69) is 0 Å². The van der Waals surface area contributed by atoms with Crippen LogP contribution >= 0.6 is 11.8 Å². The molecule has 0 amide bonds. The number of aryl methyl sites for hydroxylation is 1. The van der Waals surface area contributed by atoms with E-state index in [0.717, 1.165) is 17.3 Å². The Morgan fingerprint density at radius 2 is 0.512 bits per heavy atom. The average molecular weight is 1650 g/mol. The Balaban J connectivity index is 0.908. The molecular formula is C95H78O25S. The largest absolute Gasteiger partial charge is 0.459 e. The maximum Gasteiger partial charge on any atom is 0.338 e. The molecule has 3 aliphatic heterocycles. The van der Waals surface area contributed by atoms with E-state index in [9.17, 15) is 33.6 Å². The summed E-state index contributed by atoms with van der Waals surface area (Å²) < 4.78 is 98.8. The van der Waals surface area contributed by atoms with Crippen LogP contribution in [0.2, 0.25) is 0 Å². The third-order valence-corrected chi connectivity index (χ3v) is 20.7. The van der Waals surface area contributed by atoms with Crippen molar-refractivity contribution in [3.8, 4) is 0 Å². The zero-order valence-electron chi connectivity index (χ0n) is 64.6. The van der Waals surface area contributed by atoms with E-state index < -0.39 is 171 Å². The van der Waals surface area contributed by atoms with Gasteiger partial charge in [-0.15, -0.1) is 0 Å². The second kappa shape index (κ2) is 40.6. The van der Waals surface area contributed by atoms with Crippen molar-refractivity contribution >= 4 is 71.5 Å². The van der Waals surface area contributed by atoms with E-state index in [0.29, 0.717) is 4.90 Å². The van der Waals surface area contributed by atoms with Crippen LogP contribution in [0.1, 0.15) is 109 Å². The molecular weight excluding hydrogens is 1570 g/mol. The summed E-state index contributed by atoms with van der Waals surface area (Å²) in [6, 6.07) is 84.7. The van der Waals surface area contributed by atoms with Gasteiger partial charge in [-0.05, 0) is 140 Å². The lowest BCUT2D eigenvalue weighted by Gasteiger charge is -2.31. The van der Waals surface area contributed by atoms with E-state index in [1.165, 1.54) is 121 Å². The smallest absolute Gasteiger partial charge is 0.338 e. The predicted molar refractivity (Wildman–Crippen MR) is 432 cm³/mol. The summed E-state index contributed by atoms with van der Waals surface area (Å²) in [7, 11) is 0. The summed E-state index contributed by atoms with van der Waals surface area (Å²) in [5, 5.41) is 0. The van der Waals surface area contributed by atoms with Gasteiger partial charge in [0.25, 0.3) is 0 Å². The van der Waals surface area contributed by atoms with E-state index in [-0.39, 0.29) is 55.6 Å². The van der Waals surface area contributed by atoms with Crippen molar-refractivity contribution in [2.75, 3.05) is 19.8 Å². The van der Waals surface area contributed by atoms with Crippen LogP contribution in [0.25, 0.3) is 0 Å². The van der Waals surface area contributed by atoms with Crippen LogP contribution in [0.5, 0.6) is 0 Å². The van der Waals surface area contributed by atoms with E-state index in [1.807, 2.05) is 19.1 Å². The molecule has 0 aliphatic carbocycles. The van der Waals surface area contributed by atoms with Crippen molar-refractivity contribution in [2.24, 2.45) is 0 Å². The molecule has 0 N–H and O–H groups in total. The highest BCUT2D eigenvalue weighted by atomic mass is 32.2. The van der Waals surface area contributed by atoms with Crippen molar-refractivity contribution in [1.82, 2.24) is 0 Å². The van der Waals surface area contributed by atoms with Crippen LogP contribution in [0.15, 0.2) is 332 Å². The molecule has 0 radical (unpaired) electrons. The Hall–Kier alpha value is -13.7. The lowest BCUT2D eigenvalue weighted by atomic mass is 10.0. The first-order valence-corrected chi connectivity index (χ1v) is 39.4. The monoisotopic (exact) mass is 1650 g/mol. The molecule has 11 aromatic carbocycles. The fraction of sp³-hybridized carbons (Fsp3) is 0.200. The molecule has 0 spiro atoms. The van der Waals surface area contributed by atoms with Crippen LogP contribution in [0, 0.1) is 6.92 Å². The third-order valence-electron chi connectivity index (χ3n) is 19.6. The van der Waals surface area contributed by atoms with Crippen LogP contribution < -0.4 is 0 Å². The Kier molecular flexibility index (Phi) is 28.1. The summed E-state index contributed by atoms with van der Waals surface area (Å²) in [6.07, 6.45) is -26.5. The third kappa shape index (κ3) is 21.6. The Morgan fingerprint density at radius 1 is 0.264 bits per heavy atom. The Bertz CT molecular complexity index is 5320. The lowest BCUT2D eigenvalue weighted by Crippen LogP contribution is -2.50. The zero-order valence-corrected chi connectivity index (χ0v) is 65.4. The van der Waals surface area contributed by atoms with Crippen LogP contribution in [0.4, 0.5) is 0 Å². The number of esters is 10. The molecule has 0 saturated carbocycles. The highest BCUT2D eigenvalue weighted by Gasteiger charge is 2.61. The number of hydrogen-bond donors (Lipinski definition) is 0. The molecule has 11 aromatic rings. The molecule has 0 aromatic heterocycles. The Morgan fingerprint density at radius 3 is 0.843 bits per heavy atom. The van der Waals surface area contributed by atoms with Gasteiger partial charge >= 0.3 is 59.7 Å². The topological polar surface area (TPSA) is 309 Å². The minimum atomic E-state index is -2.14. The number of benzene rings is 11. The summed E-state index contributed by atoms with van der Waals surface area (Å²) in [6.45, 7) is -0.774. The molecule has 3 saturated heterocycles. The summed E-state index contributed by atoms with van der Waals surface area (Å²) in [5.41, 5.74) is -0.299. The number of ether oxygens (including phenoxy) is 15. The maximum atomic E-state index is 15.2. The minimum Gasteiger partial charge on any atom is -0.459 e. The molecule has 14 rings (SSSR count). The zero-order chi connectivity index (χ0) is 84.0. The van der Waals surface area contributed by atoms with Gasteiger partial charge in [-0.2, -0.15) is 0 Å². The number of carbonyl (C=O) groups excluding carboxylic acids is 10. The summed E-state index contributed by atoms with van der Waals surface area (Å²) in [4.78, 5) is 148. The number of hydrogen-bond acceptors (Lipinski definition) is 26. The number of rotatable bonds is 32. The van der Waals surface area contributed by atoms with Crippen molar-refractivity contribution in [3.05, 3.63) is 389 Å². The molecule has 3 heterocycles. The molecule has 121 heavy (non-hydrogen) atoms. The lowest BCUT2D eigenvalue weighted by molar-refractivity contribution is -0.237. The normalized spacial score (nSPS) is 20.9. The van der Waals surface area contributed by atoms with Gasteiger partial charge in [-0.1, -0.05) is 211 Å². The molecule has 614 valence electrons. The van der Waals surface area contributed by atoms with Gasteiger partial charge in [0.2, 0.25) is 0 Å². The highest BCUT2D eigenvalue weighted by Crippen LogP contribution is 2.43. The summed E-state index contributed by atoms with van der Waals surface area (Å²) in [5.74, 6) is -9.84. The molecule has 25 nitrogen and oxygen atoms in total. The number of thioether (sulfide) groups is 1. The van der Waals surface area contributed by atoms with Crippen molar-refractivity contribution in [1.29, 1.82) is 0 Å². The van der Waals surface area contributed by atoms with Crippen LogP contribution in [0.3, 0.4) is 0 Å². The van der Waals surface area contributed by atoms with Gasteiger partial charge in [0, 0.05) is 4.90 Å². The van der Waals surface area contributed by atoms with E-state index >= 15 is 14.4 Å².